The van der Waals surface area contributed by atoms with Crippen LogP contribution >= 0.6 is 11.3 Å². The zero-order valence-electron chi connectivity index (χ0n) is 14.7. The van der Waals surface area contributed by atoms with Gasteiger partial charge in [-0.05, 0) is 37.5 Å². The van der Waals surface area contributed by atoms with Crippen LogP contribution in [0.3, 0.4) is 0 Å². The Kier molecular flexibility index (Phi) is 5.49. The normalized spacial score (nSPS) is 15.8. The van der Waals surface area contributed by atoms with Crippen molar-refractivity contribution in [2.24, 2.45) is 0 Å². The number of hydrogen-bond donors (Lipinski definition) is 1. The lowest BCUT2D eigenvalue weighted by Gasteiger charge is -2.19. The average molecular weight is 379 g/mol. The zero-order chi connectivity index (χ0) is 19.4. The van der Waals surface area contributed by atoms with Gasteiger partial charge in [-0.25, -0.2) is 4.98 Å². The van der Waals surface area contributed by atoms with Crippen molar-refractivity contribution in [2.45, 2.75) is 25.8 Å². The number of aryl methyl sites for hydroxylation is 1. The molecule has 0 aliphatic carbocycles. The van der Waals surface area contributed by atoms with Crippen molar-refractivity contribution in [1.82, 2.24) is 15.2 Å². The molecule has 7 nitrogen and oxygen atoms in total. The van der Waals surface area contributed by atoms with E-state index in [9.17, 15) is 9.59 Å². The van der Waals surface area contributed by atoms with Crippen LogP contribution in [0.25, 0.3) is 10.6 Å². The summed E-state index contributed by atoms with van der Waals surface area (Å²) < 4.78 is 0. The van der Waals surface area contributed by atoms with Gasteiger partial charge in [0.25, 0.3) is 5.91 Å². The van der Waals surface area contributed by atoms with Gasteiger partial charge in [-0.15, -0.1) is 11.3 Å². The van der Waals surface area contributed by atoms with E-state index in [1.165, 1.54) is 22.4 Å². The molecule has 1 aromatic heterocycles. The summed E-state index contributed by atoms with van der Waals surface area (Å²) in [5, 5.41) is 21.3. The highest BCUT2D eigenvalue weighted by molar-refractivity contribution is 7.16. The first-order valence-corrected chi connectivity index (χ1v) is 9.29. The molecular formula is C19H17N5O2S. The van der Waals surface area contributed by atoms with Crippen LogP contribution in [0.15, 0.2) is 24.4 Å². The van der Waals surface area contributed by atoms with E-state index in [2.05, 4.69) is 22.4 Å². The number of likely N-dealkylation sites (tertiary alicyclic amines) is 1. The minimum atomic E-state index is -0.399. The van der Waals surface area contributed by atoms with Crippen LogP contribution in [0.5, 0.6) is 0 Å². The molecule has 0 saturated carbocycles. The van der Waals surface area contributed by atoms with Crippen LogP contribution in [-0.2, 0) is 4.79 Å². The Balaban J connectivity index is 1.65. The van der Waals surface area contributed by atoms with E-state index in [0.29, 0.717) is 28.4 Å². The SMILES string of the molecule is Cc1cc(C#N)ccc1-c1ncc(C(=O)NCC(=O)N2CCC[C@H]2C#N)s1. The number of nitrogens with zero attached hydrogens (tertiary/aromatic N) is 4. The van der Waals surface area contributed by atoms with E-state index in [4.69, 9.17) is 10.5 Å². The maximum Gasteiger partial charge on any atom is 0.263 e. The Labute approximate surface area is 160 Å². The Morgan fingerprint density at radius 2 is 2.22 bits per heavy atom. The fraction of sp³-hybridized carbons (Fsp3) is 0.316. The Bertz CT molecular complexity index is 969. The van der Waals surface area contributed by atoms with Crippen LogP contribution in [-0.4, -0.2) is 40.8 Å². The van der Waals surface area contributed by atoms with Gasteiger partial charge in [0.05, 0.1) is 30.4 Å². The molecule has 0 spiro atoms. The van der Waals surface area contributed by atoms with Crippen LogP contribution in [0.2, 0.25) is 0 Å². The van der Waals surface area contributed by atoms with Gasteiger partial charge in [0.1, 0.15) is 15.9 Å². The second kappa shape index (κ2) is 7.98. The first-order valence-electron chi connectivity index (χ1n) is 8.47. The van der Waals surface area contributed by atoms with Gasteiger partial charge in [-0.1, -0.05) is 6.07 Å². The van der Waals surface area contributed by atoms with Crippen molar-refractivity contribution in [1.29, 1.82) is 10.5 Å². The molecule has 1 fully saturated rings. The molecule has 1 atom stereocenters. The van der Waals surface area contributed by atoms with Gasteiger partial charge in [0.15, 0.2) is 0 Å². The van der Waals surface area contributed by atoms with Gasteiger partial charge < -0.3 is 10.2 Å². The number of nitrogens with one attached hydrogen (secondary N) is 1. The largest absolute Gasteiger partial charge is 0.342 e. The fourth-order valence-electron chi connectivity index (χ4n) is 3.02. The topological polar surface area (TPSA) is 110 Å². The number of nitriles is 2. The van der Waals surface area contributed by atoms with Gasteiger partial charge in [-0.2, -0.15) is 10.5 Å². The van der Waals surface area contributed by atoms with E-state index >= 15 is 0 Å². The number of carbonyl (C=O) groups is 2. The second-order valence-electron chi connectivity index (χ2n) is 6.23. The lowest BCUT2D eigenvalue weighted by molar-refractivity contribution is -0.130. The van der Waals surface area contributed by atoms with Crippen molar-refractivity contribution < 1.29 is 9.59 Å². The van der Waals surface area contributed by atoms with Gasteiger partial charge in [0, 0.05) is 12.1 Å². The molecule has 3 rings (SSSR count). The molecule has 1 saturated heterocycles. The maximum atomic E-state index is 12.3. The third-order valence-electron chi connectivity index (χ3n) is 4.44. The monoisotopic (exact) mass is 379 g/mol. The molecule has 0 radical (unpaired) electrons. The summed E-state index contributed by atoms with van der Waals surface area (Å²) in [7, 11) is 0. The number of hydrogen-bond acceptors (Lipinski definition) is 6. The van der Waals surface area contributed by atoms with E-state index in [1.807, 2.05) is 13.0 Å². The average Bonchev–Trinajstić information content (AvgIpc) is 3.35. The first kappa shape index (κ1) is 18.6. The molecule has 0 bridgehead atoms. The lowest BCUT2D eigenvalue weighted by atomic mass is 10.1. The number of carbonyl (C=O) groups excluding carboxylic acids is 2. The number of aromatic nitrogens is 1. The summed E-state index contributed by atoms with van der Waals surface area (Å²) in [6.45, 7) is 2.30. The summed E-state index contributed by atoms with van der Waals surface area (Å²) in [5.74, 6) is -0.619. The molecule has 1 aromatic carbocycles. The minimum absolute atomic E-state index is 0.139. The quantitative estimate of drug-likeness (QED) is 0.876. The smallest absolute Gasteiger partial charge is 0.263 e. The molecule has 1 aliphatic rings. The highest BCUT2D eigenvalue weighted by Crippen LogP contribution is 2.28. The van der Waals surface area contributed by atoms with E-state index in [0.717, 1.165) is 17.5 Å². The van der Waals surface area contributed by atoms with Crippen LogP contribution in [0, 0.1) is 29.6 Å². The summed E-state index contributed by atoms with van der Waals surface area (Å²) in [4.78, 5) is 30.7. The number of benzene rings is 1. The molecule has 2 aromatic rings. The maximum absolute atomic E-state index is 12.3. The Morgan fingerprint density at radius 1 is 1.41 bits per heavy atom. The number of amides is 2. The zero-order valence-corrected chi connectivity index (χ0v) is 15.5. The Hall–Kier alpha value is -3.23. The predicted molar refractivity (Wildman–Crippen MR) is 99.7 cm³/mol. The Morgan fingerprint density at radius 3 is 2.93 bits per heavy atom. The summed E-state index contributed by atoms with van der Waals surface area (Å²) in [5.41, 5.74) is 2.34. The fourth-order valence-corrected chi connectivity index (χ4v) is 3.94. The molecule has 1 N–H and O–H groups in total. The summed E-state index contributed by atoms with van der Waals surface area (Å²) >= 11 is 1.23. The summed E-state index contributed by atoms with van der Waals surface area (Å²) in [6, 6.07) is 9.10. The highest BCUT2D eigenvalue weighted by Gasteiger charge is 2.28. The van der Waals surface area contributed by atoms with E-state index in [1.54, 1.807) is 12.1 Å². The van der Waals surface area contributed by atoms with E-state index in [-0.39, 0.29) is 18.4 Å². The molecule has 8 heteroatoms. The minimum Gasteiger partial charge on any atom is -0.342 e. The van der Waals surface area contributed by atoms with Crippen molar-refractivity contribution >= 4 is 23.2 Å². The van der Waals surface area contributed by atoms with Gasteiger partial charge in [-0.3, -0.25) is 9.59 Å². The highest BCUT2D eigenvalue weighted by atomic mass is 32.1. The van der Waals surface area contributed by atoms with E-state index < -0.39 is 6.04 Å². The molecule has 0 unspecified atom stereocenters. The van der Waals surface area contributed by atoms with Gasteiger partial charge in [0.2, 0.25) is 5.91 Å². The third kappa shape index (κ3) is 3.97. The number of rotatable bonds is 4. The molecule has 1 aliphatic heterocycles. The molecule has 2 amide bonds. The van der Waals surface area contributed by atoms with Crippen LogP contribution < -0.4 is 5.32 Å². The standard InChI is InChI=1S/C19H17N5O2S/c1-12-7-13(8-20)4-5-15(12)19-23-10-16(27-19)18(26)22-11-17(25)24-6-2-3-14(24)9-21/h4-5,7,10,14H,2-3,6,11H2,1H3,(H,22,26)/t14-/m0/s1. The van der Waals surface area contributed by atoms with Crippen molar-refractivity contribution in [2.75, 3.05) is 13.1 Å². The molecular weight excluding hydrogens is 362 g/mol. The first-order chi connectivity index (χ1) is 13.0. The van der Waals surface area contributed by atoms with Gasteiger partial charge >= 0.3 is 0 Å². The van der Waals surface area contributed by atoms with Crippen LogP contribution in [0.4, 0.5) is 0 Å². The molecule has 27 heavy (non-hydrogen) atoms. The van der Waals surface area contributed by atoms with Crippen LogP contribution in [0.1, 0.15) is 33.6 Å². The van der Waals surface area contributed by atoms with Crippen molar-refractivity contribution in [3.63, 3.8) is 0 Å². The third-order valence-corrected chi connectivity index (χ3v) is 5.47. The molecule has 2 heterocycles. The van der Waals surface area contributed by atoms with Crippen molar-refractivity contribution in [3.05, 3.63) is 40.4 Å². The van der Waals surface area contributed by atoms with Crippen molar-refractivity contribution in [3.8, 4) is 22.7 Å². The predicted octanol–water partition coefficient (Wildman–Crippen LogP) is 2.23. The lowest BCUT2D eigenvalue weighted by Crippen LogP contribution is -2.42. The molecule has 136 valence electrons. The summed E-state index contributed by atoms with van der Waals surface area (Å²) in [6.07, 6.45) is 2.96. The second-order valence-corrected chi connectivity index (χ2v) is 7.26. The number of thiazole rings is 1.